The van der Waals surface area contributed by atoms with E-state index in [0.29, 0.717) is 10.8 Å². The van der Waals surface area contributed by atoms with Crippen molar-refractivity contribution in [1.82, 2.24) is 5.32 Å². The van der Waals surface area contributed by atoms with Crippen molar-refractivity contribution in [1.29, 1.82) is 0 Å². The maximum atomic E-state index is 3.40. The van der Waals surface area contributed by atoms with Gasteiger partial charge in [-0.1, -0.05) is 39.8 Å². The fourth-order valence-electron chi connectivity index (χ4n) is 3.53. The van der Waals surface area contributed by atoms with Gasteiger partial charge in [0.05, 0.1) is 0 Å². The molecule has 0 atom stereocenters. The van der Waals surface area contributed by atoms with Crippen molar-refractivity contribution in [2.45, 2.75) is 58.3 Å². The number of fused-ring (bicyclic) bond motifs is 1. The number of rotatable bonds is 1. The Bertz CT molecular complexity index is 588. The van der Waals surface area contributed by atoms with Crippen LogP contribution in [0.2, 0.25) is 0 Å². The SMILES string of the molecule is Cc1cc2c(cc1C=C1CNCS1)C(C)(C)CCC2(C)C. The van der Waals surface area contributed by atoms with E-state index in [-0.39, 0.29) is 0 Å². The number of nitrogens with one attached hydrogen (secondary N) is 1. The molecule has 0 unspecified atom stereocenters. The van der Waals surface area contributed by atoms with Crippen LogP contribution in [0.1, 0.15) is 62.8 Å². The van der Waals surface area contributed by atoms with Gasteiger partial charge in [-0.15, -0.1) is 11.8 Å². The Hall–Kier alpha value is -0.730. The largest absolute Gasteiger partial charge is 0.303 e. The molecule has 1 aliphatic carbocycles. The van der Waals surface area contributed by atoms with E-state index in [2.05, 4.69) is 58.1 Å². The molecule has 1 fully saturated rings. The van der Waals surface area contributed by atoms with Gasteiger partial charge in [0.25, 0.3) is 0 Å². The molecule has 1 aromatic carbocycles. The zero-order chi connectivity index (χ0) is 15.3. The van der Waals surface area contributed by atoms with Gasteiger partial charge in [0.2, 0.25) is 0 Å². The fourth-order valence-corrected chi connectivity index (χ4v) is 4.33. The predicted octanol–water partition coefficient (Wildman–Crippen LogP) is 4.98. The van der Waals surface area contributed by atoms with E-state index in [1.165, 1.54) is 28.9 Å². The molecule has 114 valence electrons. The lowest BCUT2D eigenvalue weighted by Gasteiger charge is -2.42. The van der Waals surface area contributed by atoms with Crippen LogP contribution in [0.3, 0.4) is 0 Å². The number of aryl methyl sites for hydroxylation is 1. The molecular formula is C19H27NS. The molecule has 0 radical (unpaired) electrons. The molecule has 1 aliphatic heterocycles. The van der Waals surface area contributed by atoms with Crippen molar-refractivity contribution in [3.8, 4) is 0 Å². The Labute approximate surface area is 133 Å². The van der Waals surface area contributed by atoms with Crippen molar-refractivity contribution in [3.05, 3.63) is 39.3 Å². The van der Waals surface area contributed by atoms with Crippen LogP contribution in [0.4, 0.5) is 0 Å². The molecule has 1 aromatic rings. The molecule has 2 heteroatoms. The van der Waals surface area contributed by atoms with E-state index in [9.17, 15) is 0 Å². The fraction of sp³-hybridized carbons (Fsp3) is 0.579. The lowest BCUT2D eigenvalue weighted by Crippen LogP contribution is -2.34. The monoisotopic (exact) mass is 301 g/mol. The Morgan fingerprint density at radius 3 is 2.24 bits per heavy atom. The summed E-state index contributed by atoms with van der Waals surface area (Å²) in [5.41, 5.74) is 6.56. The second kappa shape index (κ2) is 5.17. The summed E-state index contributed by atoms with van der Waals surface area (Å²) in [6, 6.07) is 4.92. The number of thioether (sulfide) groups is 1. The third-order valence-electron chi connectivity index (χ3n) is 5.21. The first-order valence-electron chi connectivity index (χ1n) is 7.99. The minimum atomic E-state index is 0.298. The Morgan fingerprint density at radius 2 is 1.67 bits per heavy atom. The molecule has 0 spiro atoms. The summed E-state index contributed by atoms with van der Waals surface area (Å²) in [5, 5.41) is 3.40. The van der Waals surface area contributed by atoms with E-state index < -0.39 is 0 Å². The highest BCUT2D eigenvalue weighted by Crippen LogP contribution is 2.46. The quantitative estimate of drug-likeness (QED) is 0.785. The maximum Gasteiger partial charge on any atom is 0.0465 e. The zero-order valence-electron chi connectivity index (χ0n) is 14.0. The topological polar surface area (TPSA) is 12.0 Å². The van der Waals surface area contributed by atoms with Crippen LogP contribution in [0.5, 0.6) is 0 Å². The summed E-state index contributed by atoms with van der Waals surface area (Å²) >= 11 is 1.93. The van der Waals surface area contributed by atoms with E-state index in [4.69, 9.17) is 0 Å². The number of hydrogen-bond acceptors (Lipinski definition) is 2. The molecule has 1 N–H and O–H groups in total. The summed E-state index contributed by atoms with van der Waals surface area (Å²) in [7, 11) is 0. The van der Waals surface area contributed by atoms with Gasteiger partial charge in [0.15, 0.2) is 0 Å². The third-order valence-corrected chi connectivity index (χ3v) is 6.20. The zero-order valence-corrected chi connectivity index (χ0v) is 14.8. The summed E-state index contributed by atoms with van der Waals surface area (Å²) < 4.78 is 0. The second-order valence-corrected chi connectivity index (χ2v) is 8.95. The van der Waals surface area contributed by atoms with Crippen molar-refractivity contribution >= 4 is 17.8 Å². The minimum absolute atomic E-state index is 0.298. The summed E-state index contributed by atoms with van der Waals surface area (Å²) in [4.78, 5) is 1.46. The molecule has 1 nitrogen and oxygen atoms in total. The molecule has 2 aliphatic rings. The highest BCUT2D eigenvalue weighted by molar-refractivity contribution is 8.03. The molecule has 0 aromatic heterocycles. The van der Waals surface area contributed by atoms with Gasteiger partial charge in [-0.3, -0.25) is 0 Å². The van der Waals surface area contributed by atoms with E-state index in [1.807, 2.05) is 11.8 Å². The van der Waals surface area contributed by atoms with Crippen LogP contribution in [0.15, 0.2) is 17.0 Å². The molecule has 1 heterocycles. The minimum Gasteiger partial charge on any atom is -0.303 e. The first-order valence-corrected chi connectivity index (χ1v) is 8.98. The molecule has 21 heavy (non-hydrogen) atoms. The lowest BCUT2D eigenvalue weighted by molar-refractivity contribution is 0.331. The molecule has 0 amide bonds. The van der Waals surface area contributed by atoms with E-state index >= 15 is 0 Å². The normalized spacial score (nSPS) is 25.1. The van der Waals surface area contributed by atoms with Gasteiger partial charge in [-0.25, -0.2) is 0 Å². The van der Waals surface area contributed by atoms with E-state index in [1.54, 1.807) is 11.1 Å². The summed E-state index contributed by atoms with van der Waals surface area (Å²) in [6.07, 6.45) is 4.95. The summed E-state index contributed by atoms with van der Waals surface area (Å²) in [6.45, 7) is 12.9. The second-order valence-electron chi connectivity index (χ2n) is 7.85. The standard InChI is InChI=1S/C19H27NS/c1-13-8-16-17(19(4,5)7-6-18(16,2)3)10-14(13)9-15-11-20-12-21-15/h8-10,20H,6-7,11-12H2,1-5H3. The van der Waals surface area contributed by atoms with Crippen LogP contribution in [-0.4, -0.2) is 12.4 Å². The third kappa shape index (κ3) is 2.80. The molecule has 3 rings (SSSR count). The smallest absolute Gasteiger partial charge is 0.0465 e. The Morgan fingerprint density at radius 1 is 1.05 bits per heavy atom. The lowest BCUT2D eigenvalue weighted by atomic mass is 9.62. The highest BCUT2D eigenvalue weighted by Gasteiger charge is 2.37. The van der Waals surface area contributed by atoms with Crippen LogP contribution in [0.25, 0.3) is 6.08 Å². The van der Waals surface area contributed by atoms with Crippen LogP contribution < -0.4 is 5.32 Å². The molecular weight excluding hydrogens is 274 g/mol. The van der Waals surface area contributed by atoms with Crippen molar-refractivity contribution in [3.63, 3.8) is 0 Å². The molecule has 1 saturated heterocycles. The van der Waals surface area contributed by atoms with Gasteiger partial charge in [-0.2, -0.15) is 0 Å². The van der Waals surface area contributed by atoms with Crippen LogP contribution in [-0.2, 0) is 10.8 Å². The average molecular weight is 301 g/mol. The van der Waals surface area contributed by atoms with Crippen molar-refractivity contribution in [2.75, 3.05) is 12.4 Å². The van der Waals surface area contributed by atoms with Crippen LogP contribution in [0, 0.1) is 6.92 Å². The molecule has 0 saturated carbocycles. The Kier molecular flexibility index (Phi) is 3.74. The van der Waals surface area contributed by atoms with Gasteiger partial charge in [0.1, 0.15) is 0 Å². The Balaban J connectivity index is 2.12. The van der Waals surface area contributed by atoms with Crippen molar-refractivity contribution < 1.29 is 0 Å². The summed E-state index contributed by atoms with van der Waals surface area (Å²) in [5.74, 6) is 1.05. The number of hydrogen-bond donors (Lipinski definition) is 1. The first kappa shape index (κ1) is 15.2. The number of benzene rings is 1. The molecule has 0 bridgehead atoms. The van der Waals surface area contributed by atoms with Gasteiger partial charge < -0.3 is 5.32 Å². The maximum absolute atomic E-state index is 3.40. The average Bonchev–Trinajstić information content (AvgIpc) is 2.90. The van der Waals surface area contributed by atoms with Crippen LogP contribution >= 0.6 is 11.8 Å². The highest BCUT2D eigenvalue weighted by atomic mass is 32.2. The van der Waals surface area contributed by atoms with Gasteiger partial charge in [0, 0.05) is 17.3 Å². The van der Waals surface area contributed by atoms with Gasteiger partial charge in [-0.05, 0) is 58.9 Å². The van der Waals surface area contributed by atoms with Gasteiger partial charge >= 0.3 is 0 Å². The first-order chi connectivity index (χ1) is 9.79. The predicted molar refractivity (Wildman–Crippen MR) is 94.9 cm³/mol. The van der Waals surface area contributed by atoms with Crippen molar-refractivity contribution in [2.24, 2.45) is 0 Å². The van der Waals surface area contributed by atoms with E-state index in [0.717, 1.165) is 12.4 Å².